The van der Waals surface area contributed by atoms with Gasteiger partial charge >= 0.3 is 0 Å². The fourth-order valence-corrected chi connectivity index (χ4v) is 3.82. The first kappa shape index (κ1) is 16.6. The lowest BCUT2D eigenvalue weighted by Crippen LogP contribution is -2.30. The fourth-order valence-electron chi connectivity index (χ4n) is 3.82. The molecule has 1 saturated carbocycles. The highest BCUT2D eigenvalue weighted by Gasteiger charge is 2.43. The van der Waals surface area contributed by atoms with Crippen LogP contribution in [0, 0.1) is 23.7 Å². The molecule has 22 heavy (non-hydrogen) atoms. The SMILES string of the molecule is CC(=O)[C@@H]1[C@@H](CC(=O)c2ccccc2)CC[C@@H]1[C@H](C)C(C)=O. The molecule has 0 amide bonds. The molecule has 0 radical (unpaired) electrons. The van der Waals surface area contributed by atoms with Crippen LogP contribution in [0.25, 0.3) is 0 Å². The lowest BCUT2D eigenvalue weighted by atomic mass is 9.77. The third kappa shape index (κ3) is 3.52. The van der Waals surface area contributed by atoms with Crippen molar-refractivity contribution in [3.63, 3.8) is 0 Å². The Kier molecular flexibility index (Phi) is 5.28. The minimum Gasteiger partial charge on any atom is -0.300 e. The Labute approximate surface area is 132 Å². The monoisotopic (exact) mass is 300 g/mol. The van der Waals surface area contributed by atoms with E-state index in [1.165, 1.54) is 0 Å². The van der Waals surface area contributed by atoms with Crippen LogP contribution in [-0.4, -0.2) is 17.3 Å². The van der Waals surface area contributed by atoms with Crippen molar-refractivity contribution in [2.24, 2.45) is 23.7 Å². The number of Topliss-reactive ketones (excluding diaryl/α,β-unsaturated/α-hetero) is 3. The second-order valence-electron chi connectivity index (χ2n) is 6.53. The highest BCUT2D eigenvalue weighted by atomic mass is 16.1. The molecule has 2 rings (SSSR count). The van der Waals surface area contributed by atoms with Gasteiger partial charge in [-0.1, -0.05) is 37.3 Å². The lowest BCUT2D eigenvalue weighted by Gasteiger charge is -2.25. The Morgan fingerprint density at radius 3 is 2.27 bits per heavy atom. The average molecular weight is 300 g/mol. The van der Waals surface area contributed by atoms with Crippen molar-refractivity contribution in [2.45, 2.75) is 40.0 Å². The molecule has 0 spiro atoms. The molecular weight excluding hydrogens is 276 g/mol. The van der Waals surface area contributed by atoms with Gasteiger partial charge in [0, 0.05) is 23.8 Å². The van der Waals surface area contributed by atoms with E-state index in [2.05, 4.69) is 0 Å². The van der Waals surface area contributed by atoms with Crippen molar-refractivity contribution in [1.82, 2.24) is 0 Å². The maximum absolute atomic E-state index is 12.4. The highest BCUT2D eigenvalue weighted by Crippen LogP contribution is 2.44. The van der Waals surface area contributed by atoms with Crippen molar-refractivity contribution >= 4 is 17.3 Å². The number of carbonyl (C=O) groups is 3. The van der Waals surface area contributed by atoms with E-state index in [0.717, 1.165) is 12.8 Å². The van der Waals surface area contributed by atoms with E-state index in [1.54, 1.807) is 13.8 Å². The van der Waals surface area contributed by atoms with E-state index < -0.39 is 0 Å². The standard InChI is InChI=1S/C19H24O3/c1-12(13(2)20)17-10-9-16(19(17)14(3)21)11-18(22)15-7-5-4-6-8-15/h4-8,12,16-17,19H,9-11H2,1-3H3/t12-,16-,17-,19-/m1/s1. The van der Waals surface area contributed by atoms with E-state index in [-0.39, 0.29) is 41.0 Å². The number of hydrogen-bond donors (Lipinski definition) is 0. The molecular formula is C19H24O3. The van der Waals surface area contributed by atoms with Gasteiger partial charge in [-0.15, -0.1) is 0 Å². The van der Waals surface area contributed by atoms with Crippen LogP contribution in [0.2, 0.25) is 0 Å². The Bertz CT molecular complexity index is 561. The van der Waals surface area contributed by atoms with Crippen molar-refractivity contribution in [3.05, 3.63) is 35.9 Å². The summed E-state index contributed by atoms with van der Waals surface area (Å²) in [6, 6.07) is 9.22. The Morgan fingerprint density at radius 1 is 1.09 bits per heavy atom. The Morgan fingerprint density at radius 2 is 1.73 bits per heavy atom. The van der Waals surface area contributed by atoms with Crippen LogP contribution >= 0.6 is 0 Å². The van der Waals surface area contributed by atoms with Gasteiger partial charge < -0.3 is 0 Å². The van der Waals surface area contributed by atoms with Crippen LogP contribution in [0.1, 0.15) is 50.4 Å². The summed E-state index contributed by atoms with van der Waals surface area (Å²) in [6.45, 7) is 5.09. The van der Waals surface area contributed by atoms with Crippen LogP contribution in [0.5, 0.6) is 0 Å². The van der Waals surface area contributed by atoms with Crippen LogP contribution in [0.4, 0.5) is 0 Å². The molecule has 0 unspecified atom stereocenters. The molecule has 1 aromatic rings. The molecule has 0 heterocycles. The molecule has 1 aromatic carbocycles. The molecule has 1 aliphatic rings. The van der Waals surface area contributed by atoms with Gasteiger partial charge in [0.2, 0.25) is 0 Å². The van der Waals surface area contributed by atoms with E-state index in [9.17, 15) is 14.4 Å². The molecule has 4 atom stereocenters. The third-order valence-corrected chi connectivity index (χ3v) is 5.14. The third-order valence-electron chi connectivity index (χ3n) is 5.14. The second kappa shape index (κ2) is 6.99. The topological polar surface area (TPSA) is 51.2 Å². The highest BCUT2D eigenvalue weighted by molar-refractivity contribution is 5.96. The summed E-state index contributed by atoms with van der Waals surface area (Å²) in [5, 5.41) is 0. The van der Waals surface area contributed by atoms with Gasteiger partial charge in [0.1, 0.15) is 11.6 Å². The summed E-state index contributed by atoms with van der Waals surface area (Å²) in [5.74, 6) is 0.221. The van der Waals surface area contributed by atoms with Crippen molar-refractivity contribution in [2.75, 3.05) is 0 Å². The minimum absolute atomic E-state index is 0.0667. The quantitative estimate of drug-likeness (QED) is 0.752. The van der Waals surface area contributed by atoms with Crippen molar-refractivity contribution in [1.29, 1.82) is 0 Å². The molecule has 0 N–H and O–H groups in total. The first-order chi connectivity index (χ1) is 10.4. The van der Waals surface area contributed by atoms with Gasteiger partial charge in [-0.3, -0.25) is 14.4 Å². The van der Waals surface area contributed by atoms with Gasteiger partial charge in [-0.2, -0.15) is 0 Å². The predicted octanol–water partition coefficient (Wildman–Crippen LogP) is 3.72. The molecule has 0 bridgehead atoms. The number of rotatable bonds is 6. The van der Waals surface area contributed by atoms with Crippen molar-refractivity contribution in [3.8, 4) is 0 Å². The number of ketones is 3. The van der Waals surface area contributed by atoms with Crippen molar-refractivity contribution < 1.29 is 14.4 Å². The maximum Gasteiger partial charge on any atom is 0.163 e. The second-order valence-corrected chi connectivity index (χ2v) is 6.53. The molecule has 1 aliphatic carbocycles. The summed E-state index contributed by atoms with van der Waals surface area (Å²) in [5.41, 5.74) is 0.702. The predicted molar refractivity (Wildman–Crippen MR) is 85.6 cm³/mol. The molecule has 0 aromatic heterocycles. The van der Waals surface area contributed by atoms with Gasteiger partial charge in [0.25, 0.3) is 0 Å². The molecule has 0 aliphatic heterocycles. The first-order valence-electron chi connectivity index (χ1n) is 8.01. The largest absolute Gasteiger partial charge is 0.300 e. The van der Waals surface area contributed by atoms with E-state index in [0.29, 0.717) is 12.0 Å². The first-order valence-corrected chi connectivity index (χ1v) is 8.01. The van der Waals surface area contributed by atoms with Gasteiger partial charge in [0.15, 0.2) is 5.78 Å². The van der Waals surface area contributed by atoms with Crippen LogP contribution in [-0.2, 0) is 9.59 Å². The summed E-state index contributed by atoms with van der Waals surface area (Å²) < 4.78 is 0. The molecule has 118 valence electrons. The average Bonchev–Trinajstić information content (AvgIpc) is 2.90. The number of hydrogen-bond acceptors (Lipinski definition) is 3. The van der Waals surface area contributed by atoms with E-state index >= 15 is 0 Å². The summed E-state index contributed by atoms with van der Waals surface area (Å²) in [7, 11) is 0. The molecule has 3 heteroatoms. The molecule has 0 saturated heterocycles. The zero-order valence-corrected chi connectivity index (χ0v) is 13.5. The normalized spacial score (nSPS) is 25.7. The molecule has 3 nitrogen and oxygen atoms in total. The Hall–Kier alpha value is -1.77. The molecule has 1 fully saturated rings. The summed E-state index contributed by atoms with van der Waals surface area (Å²) in [4.78, 5) is 36.2. The zero-order chi connectivity index (χ0) is 16.3. The summed E-state index contributed by atoms with van der Waals surface area (Å²) >= 11 is 0. The van der Waals surface area contributed by atoms with Crippen LogP contribution < -0.4 is 0 Å². The zero-order valence-electron chi connectivity index (χ0n) is 13.5. The Balaban J connectivity index is 2.12. The van der Waals surface area contributed by atoms with E-state index in [1.807, 2.05) is 37.3 Å². The van der Waals surface area contributed by atoms with Gasteiger partial charge in [-0.05, 0) is 38.5 Å². The van der Waals surface area contributed by atoms with Gasteiger partial charge in [0.05, 0.1) is 0 Å². The van der Waals surface area contributed by atoms with Gasteiger partial charge in [-0.25, -0.2) is 0 Å². The summed E-state index contributed by atoms with van der Waals surface area (Å²) in [6.07, 6.45) is 2.11. The number of carbonyl (C=O) groups excluding carboxylic acids is 3. The fraction of sp³-hybridized carbons (Fsp3) is 0.526. The smallest absolute Gasteiger partial charge is 0.163 e. The minimum atomic E-state index is -0.161. The van der Waals surface area contributed by atoms with Crippen LogP contribution in [0.3, 0.4) is 0 Å². The lowest BCUT2D eigenvalue weighted by molar-refractivity contribution is -0.126. The maximum atomic E-state index is 12.4. The number of benzene rings is 1. The van der Waals surface area contributed by atoms with E-state index in [4.69, 9.17) is 0 Å². The van der Waals surface area contributed by atoms with Crippen LogP contribution in [0.15, 0.2) is 30.3 Å².